The van der Waals surface area contributed by atoms with E-state index in [9.17, 15) is 4.79 Å². The molecule has 114 valence electrons. The number of carbonyl (C=O) groups excluding carboxylic acids is 1. The molecule has 0 spiro atoms. The number of carbonyl (C=O) groups is 1. The Hall–Kier alpha value is -2.13. The summed E-state index contributed by atoms with van der Waals surface area (Å²) in [6, 6.07) is 21.1. The maximum Gasteiger partial charge on any atom is 0.221 e. The first-order valence-electron chi connectivity index (χ1n) is 7.85. The zero-order chi connectivity index (χ0) is 15.4. The molecule has 1 fully saturated rings. The third-order valence-corrected chi connectivity index (χ3v) is 4.32. The van der Waals surface area contributed by atoms with E-state index in [1.807, 2.05) is 19.2 Å². The minimum absolute atomic E-state index is 0.124. The van der Waals surface area contributed by atoms with Crippen LogP contribution >= 0.6 is 0 Å². The molecule has 3 atom stereocenters. The third kappa shape index (κ3) is 3.20. The molecule has 22 heavy (non-hydrogen) atoms. The average Bonchev–Trinajstić information content (AvgIpc) is 3.28. The van der Waals surface area contributed by atoms with E-state index in [1.165, 1.54) is 11.1 Å². The maximum absolute atomic E-state index is 12.1. The highest BCUT2D eigenvalue weighted by molar-refractivity contribution is 5.77. The Kier molecular flexibility index (Phi) is 4.54. The standard InChI is InChI=1S/C19H22N2O/c1-20-13-12-16(22)21-19-17(14-8-4-2-5-9-14)18(19)15-10-6-3-7-11-15/h2-11,17-20H,12-13H2,1H3,(H,21,22)/t17-,18+,19?. The normalized spacial score (nSPS) is 23.0. The zero-order valence-electron chi connectivity index (χ0n) is 12.8. The van der Waals surface area contributed by atoms with E-state index in [2.05, 4.69) is 59.2 Å². The van der Waals surface area contributed by atoms with E-state index in [-0.39, 0.29) is 11.9 Å². The molecule has 0 aliphatic heterocycles. The minimum atomic E-state index is 0.124. The van der Waals surface area contributed by atoms with Crippen molar-refractivity contribution in [1.82, 2.24) is 10.6 Å². The average molecular weight is 294 g/mol. The largest absolute Gasteiger partial charge is 0.352 e. The second-order valence-corrected chi connectivity index (χ2v) is 5.82. The van der Waals surface area contributed by atoms with Crippen molar-refractivity contribution >= 4 is 5.91 Å². The highest BCUT2D eigenvalue weighted by Crippen LogP contribution is 2.54. The zero-order valence-corrected chi connectivity index (χ0v) is 12.8. The fourth-order valence-electron chi connectivity index (χ4n) is 3.17. The Morgan fingerprint density at radius 1 is 0.909 bits per heavy atom. The van der Waals surface area contributed by atoms with Gasteiger partial charge in [0, 0.05) is 30.8 Å². The monoisotopic (exact) mass is 294 g/mol. The first-order valence-corrected chi connectivity index (χ1v) is 7.85. The quantitative estimate of drug-likeness (QED) is 0.860. The molecule has 1 saturated carbocycles. The molecule has 1 amide bonds. The van der Waals surface area contributed by atoms with Crippen LogP contribution in [0.5, 0.6) is 0 Å². The van der Waals surface area contributed by atoms with Crippen LogP contribution in [-0.4, -0.2) is 25.5 Å². The number of hydrogen-bond acceptors (Lipinski definition) is 2. The van der Waals surface area contributed by atoms with Gasteiger partial charge in [0.25, 0.3) is 0 Å². The molecule has 3 rings (SSSR count). The van der Waals surface area contributed by atoms with E-state index in [4.69, 9.17) is 0 Å². The van der Waals surface area contributed by atoms with Crippen molar-refractivity contribution in [2.45, 2.75) is 24.3 Å². The highest BCUT2D eigenvalue weighted by atomic mass is 16.1. The summed E-state index contributed by atoms with van der Waals surface area (Å²) in [5.41, 5.74) is 2.60. The van der Waals surface area contributed by atoms with E-state index in [0.29, 0.717) is 24.8 Å². The number of benzene rings is 2. The van der Waals surface area contributed by atoms with Crippen molar-refractivity contribution in [2.24, 2.45) is 0 Å². The van der Waals surface area contributed by atoms with Gasteiger partial charge in [0.1, 0.15) is 0 Å². The molecule has 3 heteroatoms. The second kappa shape index (κ2) is 6.75. The molecule has 0 aromatic heterocycles. The molecular formula is C19H22N2O. The van der Waals surface area contributed by atoms with Crippen LogP contribution in [-0.2, 0) is 4.79 Å². The van der Waals surface area contributed by atoms with Gasteiger partial charge in [-0.25, -0.2) is 0 Å². The van der Waals surface area contributed by atoms with Gasteiger partial charge in [-0.1, -0.05) is 60.7 Å². The lowest BCUT2D eigenvalue weighted by atomic mass is 10.0. The molecular weight excluding hydrogens is 272 g/mol. The molecule has 2 N–H and O–H groups in total. The minimum Gasteiger partial charge on any atom is -0.352 e. The fourth-order valence-corrected chi connectivity index (χ4v) is 3.17. The van der Waals surface area contributed by atoms with Crippen molar-refractivity contribution in [3.05, 3.63) is 71.8 Å². The van der Waals surface area contributed by atoms with Crippen molar-refractivity contribution in [3.63, 3.8) is 0 Å². The molecule has 2 aromatic carbocycles. The van der Waals surface area contributed by atoms with E-state index in [0.717, 1.165) is 0 Å². The fraction of sp³-hybridized carbons (Fsp3) is 0.316. The molecule has 0 radical (unpaired) electrons. The number of amides is 1. The smallest absolute Gasteiger partial charge is 0.221 e. The van der Waals surface area contributed by atoms with E-state index < -0.39 is 0 Å². The van der Waals surface area contributed by atoms with Crippen LogP contribution in [0.15, 0.2) is 60.7 Å². The predicted octanol–water partition coefficient (Wildman–Crippen LogP) is 2.66. The molecule has 0 saturated heterocycles. The van der Waals surface area contributed by atoms with Gasteiger partial charge in [0.05, 0.1) is 0 Å². The molecule has 0 heterocycles. The molecule has 1 aliphatic rings. The SMILES string of the molecule is CNCCC(=O)NC1[C@@H](c2ccccc2)[C@H]1c1ccccc1. The van der Waals surface area contributed by atoms with Gasteiger partial charge < -0.3 is 10.6 Å². The van der Waals surface area contributed by atoms with E-state index in [1.54, 1.807) is 0 Å². The number of nitrogens with one attached hydrogen (secondary N) is 2. The van der Waals surface area contributed by atoms with Crippen LogP contribution in [0.3, 0.4) is 0 Å². The summed E-state index contributed by atoms with van der Waals surface area (Å²) in [4.78, 5) is 12.1. The Bertz CT molecular complexity index is 566. The van der Waals surface area contributed by atoms with Crippen molar-refractivity contribution in [1.29, 1.82) is 0 Å². The summed E-state index contributed by atoms with van der Waals surface area (Å²) >= 11 is 0. The molecule has 1 aliphatic carbocycles. The first-order chi connectivity index (χ1) is 10.8. The molecule has 1 unspecified atom stereocenters. The van der Waals surface area contributed by atoms with Crippen LogP contribution in [0, 0.1) is 0 Å². The van der Waals surface area contributed by atoms with Crippen molar-refractivity contribution < 1.29 is 4.79 Å². The topological polar surface area (TPSA) is 41.1 Å². The van der Waals surface area contributed by atoms with Crippen molar-refractivity contribution in [2.75, 3.05) is 13.6 Å². The van der Waals surface area contributed by atoms with Gasteiger partial charge in [-0.05, 0) is 18.2 Å². The summed E-state index contributed by atoms with van der Waals surface area (Å²) < 4.78 is 0. The Morgan fingerprint density at radius 3 is 1.86 bits per heavy atom. The summed E-state index contributed by atoms with van der Waals surface area (Å²) in [5.74, 6) is 0.878. The van der Waals surface area contributed by atoms with Crippen LogP contribution in [0.2, 0.25) is 0 Å². The van der Waals surface area contributed by atoms with E-state index >= 15 is 0 Å². The van der Waals surface area contributed by atoms with Gasteiger partial charge >= 0.3 is 0 Å². The number of rotatable bonds is 6. The summed E-state index contributed by atoms with van der Waals surface area (Å²) in [6.45, 7) is 0.713. The van der Waals surface area contributed by atoms with Crippen LogP contribution in [0.1, 0.15) is 29.4 Å². The summed E-state index contributed by atoms with van der Waals surface area (Å²) in [7, 11) is 1.87. The summed E-state index contributed by atoms with van der Waals surface area (Å²) in [6.07, 6.45) is 0.524. The van der Waals surface area contributed by atoms with Crippen LogP contribution in [0.25, 0.3) is 0 Å². The Labute approximate surface area is 131 Å². The van der Waals surface area contributed by atoms with Crippen LogP contribution in [0.4, 0.5) is 0 Å². The van der Waals surface area contributed by atoms with Crippen LogP contribution < -0.4 is 10.6 Å². The number of hydrogen-bond donors (Lipinski definition) is 2. The van der Waals surface area contributed by atoms with Gasteiger partial charge in [-0.3, -0.25) is 4.79 Å². The van der Waals surface area contributed by atoms with Gasteiger partial charge in [-0.15, -0.1) is 0 Å². The molecule has 2 aromatic rings. The lowest BCUT2D eigenvalue weighted by Gasteiger charge is -2.04. The predicted molar refractivity (Wildman–Crippen MR) is 88.8 cm³/mol. The van der Waals surface area contributed by atoms with Gasteiger partial charge in [0.2, 0.25) is 5.91 Å². The van der Waals surface area contributed by atoms with Gasteiger partial charge in [0.15, 0.2) is 0 Å². The highest BCUT2D eigenvalue weighted by Gasteiger charge is 2.52. The maximum atomic E-state index is 12.1. The lowest BCUT2D eigenvalue weighted by Crippen LogP contribution is -2.29. The second-order valence-electron chi connectivity index (χ2n) is 5.82. The Balaban J connectivity index is 1.76. The van der Waals surface area contributed by atoms with Gasteiger partial charge in [-0.2, -0.15) is 0 Å². The Morgan fingerprint density at radius 2 is 1.41 bits per heavy atom. The summed E-state index contributed by atoms with van der Waals surface area (Å²) in [5, 5.41) is 6.22. The van der Waals surface area contributed by atoms with Crippen molar-refractivity contribution in [3.8, 4) is 0 Å². The molecule has 0 bridgehead atoms. The lowest BCUT2D eigenvalue weighted by molar-refractivity contribution is -0.121. The molecule has 3 nitrogen and oxygen atoms in total. The third-order valence-electron chi connectivity index (χ3n) is 4.32. The first kappa shape index (κ1) is 14.8.